The molecule has 7 heteroatoms. The molecule has 6 nitrogen and oxygen atoms in total. The first kappa shape index (κ1) is 19.3. The van der Waals surface area contributed by atoms with E-state index in [0.717, 1.165) is 31.7 Å². The van der Waals surface area contributed by atoms with E-state index in [-0.39, 0.29) is 5.91 Å². The van der Waals surface area contributed by atoms with Crippen molar-refractivity contribution in [2.45, 2.75) is 6.42 Å². The van der Waals surface area contributed by atoms with E-state index >= 15 is 0 Å². The van der Waals surface area contributed by atoms with E-state index < -0.39 is 0 Å². The summed E-state index contributed by atoms with van der Waals surface area (Å²) >= 11 is 1.40. The Hall–Kier alpha value is -2.51. The zero-order valence-corrected chi connectivity index (χ0v) is 16.5. The van der Waals surface area contributed by atoms with Crippen molar-refractivity contribution in [2.75, 3.05) is 33.7 Å². The lowest BCUT2D eigenvalue weighted by molar-refractivity contribution is 0.0769. The quantitative estimate of drug-likeness (QED) is 0.779. The summed E-state index contributed by atoms with van der Waals surface area (Å²) in [4.78, 5) is 25.7. The molecule has 1 fully saturated rings. The number of thiazole rings is 1. The van der Waals surface area contributed by atoms with Crippen molar-refractivity contribution in [1.82, 2.24) is 14.8 Å². The number of nitrogens with two attached hydrogens (primary N) is 1. The Morgan fingerprint density at radius 2 is 2.22 bits per heavy atom. The number of carbonyl (C=O) groups excluding carboxylic acids is 1. The van der Waals surface area contributed by atoms with Crippen molar-refractivity contribution in [3.8, 4) is 0 Å². The van der Waals surface area contributed by atoms with Crippen molar-refractivity contribution in [3.63, 3.8) is 0 Å². The van der Waals surface area contributed by atoms with E-state index in [4.69, 9.17) is 5.73 Å². The van der Waals surface area contributed by atoms with Gasteiger partial charge in [-0.15, -0.1) is 11.3 Å². The molecule has 1 unspecified atom stereocenters. The molecule has 2 heterocycles. The molecule has 0 spiro atoms. The van der Waals surface area contributed by atoms with Gasteiger partial charge in [0.25, 0.3) is 5.91 Å². The maximum absolute atomic E-state index is 12.7. The van der Waals surface area contributed by atoms with Gasteiger partial charge in [0.05, 0.1) is 5.69 Å². The van der Waals surface area contributed by atoms with Crippen molar-refractivity contribution in [2.24, 2.45) is 16.6 Å². The third-order valence-electron chi connectivity index (χ3n) is 4.63. The van der Waals surface area contributed by atoms with Gasteiger partial charge in [-0.25, -0.2) is 4.98 Å². The summed E-state index contributed by atoms with van der Waals surface area (Å²) in [5, 5.41) is 2.48. The van der Waals surface area contributed by atoms with Crippen LogP contribution >= 0.6 is 11.3 Å². The highest BCUT2D eigenvalue weighted by atomic mass is 32.1. The number of amides is 1. The average Bonchev–Trinajstić information content (AvgIpc) is 3.32. The smallest absolute Gasteiger partial charge is 0.273 e. The van der Waals surface area contributed by atoms with Crippen molar-refractivity contribution >= 4 is 34.7 Å². The van der Waals surface area contributed by atoms with Gasteiger partial charge in [-0.1, -0.05) is 18.2 Å². The van der Waals surface area contributed by atoms with Crippen LogP contribution in [0.1, 0.15) is 21.9 Å². The van der Waals surface area contributed by atoms with Crippen LogP contribution in [0.4, 0.5) is 5.69 Å². The van der Waals surface area contributed by atoms with Crippen LogP contribution in [0.2, 0.25) is 0 Å². The highest BCUT2D eigenvalue weighted by Crippen LogP contribution is 2.21. The van der Waals surface area contributed by atoms with Crippen LogP contribution in [0.15, 0.2) is 46.9 Å². The second-order valence-electron chi connectivity index (χ2n) is 6.86. The lowest BCUT2D eigenvalue weighted by Gasteiger charge is -2.20. The Bertz CT molecular complexity index is 830. The molecule has 1 saturated heterocycles. The fourth-order valence-corrected chi connectivity index (χ4v) is 3.96. The largest absolute Gasteiger partial charge is 0.404 e. The van der Waals surface area contributed by atoms with Gasteiger partial charge in [0.1, 0.15) is 10.7 Å². The van der Waals surface area contributed by atoms with E-state index in [2.05, 4.69) is 21.9 Å². The van der Waals surface area contributed by atoms with Gasteiger partial charge in [0, 0.05) is 43.5 Å². The molecule has 0 saturated carbocycles. The Labute approximate surface area is 164 Å². The first-order valence-corrected chi connectivity index (χ1v) is 9.85. The fraction of sp³-hybridized carbons (Fsp3) is 0.350. The molecule has 1 aliphatic rings. The molecule has 3 rings (SSSR count). The van der Waals surface area contributed by atoms with E-state index in [1.807, 2.05) is 37.4 Å². The predicted octanol–water partition coefficient (Wildman–Crippen LogP) is 2.87. The standard InChI is InChI=1S/C20H25N5OS/c1-24-9-8-15(12-24)13-25(2)20(26)18-14-27-19(23-18)16(10-21)11-22-17-6-4-3-5-7-17/h3-7,10-11,14-15H,8-9,12-13,21H2,1-2H3/b16-10+,22-11?. The lowest BCUT2D eigenvalue weighted by Crippen LogP contribution is -2.33. The summed E-state index contributed by atoms with van der Waals surface area (Å²) in [5.74, 6) is 0.475. The third-order valence-corrected chi connectivity index (χ3v) is 5.52. The highest BCUT2D eigenvalue weighted by molar-refractivity contribution is 7.11. The van der Waals surface area contributed by atoms with Crippen molar-refractivity contribution < 1.29 is 4.79 Å². The van der Waals surface area contributed by atoms with Gasteiger partial charge >= 0.3 is 0 Å². The number of rotatable bonds is 6. The molecule has 2 N–H and O–H groups in total. The maximum atomic E-state index is 12.7. The van der Waals surface area contributed by atoms with Gasteiger partial charge in [-0.2, -0.15) is 0 Å². The second kappa shape index (κ2) is 8.92. The van der Waals surface area contributed by atoms with Gasteiger partial charge < -0.3 is 15.5 Å². The van der Waals surface area contributed by atoms with Gasteiger partial charge in [0.15, 0.2) is 0 Å². The van der Waals surface area contributed by atoms with Crippen LogP contribution < -0.4 is 5.73 Å². The van der Waals surface area contributed by atoms with Crippen LogP contribution in [0.5, 0.6) is 0 Å². The summed E-state index contributed by atoms with van der Waals surface area (Å²) in [6, 6.07) is 9.62. The Balaban J connectivity index is 1.65. The van der Waals surface area contributed by atoms with Crippen LogP contribution in [0.3, 0.4) is 0 Å². The first-order chi connectivity index (χ1) is 13.1. The molecule has 0 aliphatic carbocycles. The molecule has 0 bridgehead atoms. The zero-order chi connectivity index (χ0) is 19.2. The zero-order valence-electron chi connectivity index (χ0n) is 15.7. The minimum atomic E-state index is -0.0524. The number of hydrogen-bond donors (Lipinski definition) is 1. The molecule has 27 heavy (non-hydrogen) atoms. The number of para-hydroxylation sites is 1. The van der Waals surface area contributed by atoms with Crippen LogP contribution in [0.25, 0.3) is 5.57 Å². The Kier molecular flexibility index (Phi) is 6.36. The summed E-state index contributed by atoms with van der Waals surface area (Å²) in [6.45, 7) is 2.89. The predicted molar refractivity (Wildman–Crippen MR) is 111 cm³/mol. The maximum Gasteiger partial charge on any atom is 0.273 e. The number of allylic oxidation sites excluding steroid dienone is 1. The fourth-order valence-electron chi connectivity index (χ4n) is 3.17. The minimum Gasteiger partial charge on any atom is -0.404 e. The first-order valence-electron chi connectivity index (χ1n) is 8.97. The van der Waals surface area contributed by atoms with Crippen LogP contribution in [-0.4, -0.2) is 60.6 Å². The Morgan fingerprint density at radius 3 is 2.89 bits per heavy atom. The van der Waals surface area contributed by atoms with E-state index in [1.165, 1.54) is 17.5 Å². The number of nitrogens with zero attached hydrogens (tertiary/aromatic N) is 4. The molecule has 1 atom stereocenters. The van der Waals surface area contributed by atoms with E-state index in [1.54, 1.807) is 16.5 Å². The monoisotopic (exact) mass is 383 g/mol. The van der Waals surface area contributed by atoms with Crippen molar-refractivity contribution in [1.29, 1.82) is 0 Å². The molecule has 2 aromatic rings. The summed E-state index contributed by atoms with van der Waals surface area (Å²) in [7, 11) is 3.96. The third kappa shape index (κ3) is 5.02. The summed E-state index contributed by atoms with van der Waals surface area (Å²) in [5.41, 5.74) is 7.74. The number of aromatic nitrogens is 1. The van der Waals surface area contributed by atoms with E-state index in [0.29, 0.717) is 22.2 Å². The summed E-state index contributed by atoms with van der Waals surface area (Å²) in [6.07, 6.45) is 4.28. The van der Waals surface area contributed by atoms with E-state index in [9.17, 15) is 4.79 Å². The van der Waals surface area contributed by atoms with Gasteiger partial charge in [-0.3, -0.25) is 9.79 Å². The molecule has 1 aromatic heterocycles. The number of carbonyl (C=O) groups is 1. The lowest BCUT2D eigenvalue weighted by atomic mass is 10.1. The molecular formula is C20H25N5OS. The molecule has 1 amide bonds. The second-order valence-corrected chi connectivity index (χ2v) is 7.71. The number of hydrogen-bond acceptors (Lipinski definition) is 6. The van der Waals surface area contributed by atoms with Crippen LogP contribution in [0, 0.1) is 5.92 Å². The molecular weight excluding hydrogens is 358 g/mol. The minimum absolute atomic E-state index is 0.0524. The Morgan fingerprint density at radius 1 is 1.44 bits per heavy atom. The molecule has 0 radical (unpaired) electrons. The van der Waals surface area contributed by atoms with Crippen LogP contribution in [-0.2, 0) is 0 Å². The molecule has 142 valence electrons. The van der Waals surface area contributed by atoms with Gasteiger partial charge in [-0.05, 0) is 38.1 Å². The normalized spacial score (nSPS) is 18.3. The van der Waals surface area contributed by atoms with Crippen molar-refractivity contribution in [3.05, 3.63) is 52.6 Å². The topological polar surface area (TPSA) is 74.8 Å². The SMILES string of the molecule is CN1CCC(CN(C)C(=O)c2csc(/C(C=Nc3ccccc3)=C/N)n2)C1. The summed E-state index contributed by atoms with van der Waals surface area (Å²) < 4.78 is 0. The number of likely N-dealkylation sites (tertiary alicyclic amines) is 1. The average molecular weight is 384 g/mol. The molecule has 1 aliphatic heterocycles. The number of aliphatic imine (C=N–C) groups is 1. The highest BCUT2D eigenvalue weighted by Gasteiger charge is 2.24. The molecule has 1 aromatic carbocycles. The van der Waals surface area contributed by atoms with Gasteiger partial charge in [0.2, 0.25) is 0 Å². The number of benzene rings is 1.